The van der Waals surface area contributed by atoms with E-state index in [0.29, 0.717) is 0 Å². The van der Waals surface area contributed by atoms with Crippen LogP contribution in [0.2, 0.25) is 0 Å². The molecule has 2 N–H and O–H groups in total. The number of rotatable bonds is 4. The molecule has 1 amide bonds. The highest BCUT2D eigenvalue weighted by Crippen LogP contribution is 2.29. The third-order valence-electron chi connectivity index (χ3n) is 2.37. The first-order valence-electron chi connectivity index (χ1n) is 5.38. The molecular formula is C12H12F3NO3. The van der Waals surface area contributed by atoms with Crippen LogP contribution in [0.25, 0.3) is 0 Å². The summed E-state index contributed by atoms with van der Waals surface area (Å²) in [6.07, 6.45) is -4.78. The van der Waals surface area contributed by atoms with E-state index in [2.05, 4.69) is 5.32 Å². The van der Waals surface area contributed by atoms with E-state index < -0.39 is 29.7 Å². The van der Waals surface area contributed by atoms with E-state index in [1.807, 2.05) is 0 Å². The highest BCUT2D eigenvalue weighted by atomic mass is 19.4. The molecule has 1 atom stereocenters. The van der Waals surface area contributed by atoms with Crippen molar-refractivity contribution >= 4 is 11.9 Å². The van der Waals surface area contributed by atoms with Gasteiger partial charge in [-0.3, -0.25) is 9.59 Å². The molecule has 0 saturated carbocycles. The molecule has 0 aliphatic heterocycles. The van der Waals surface area contributed by atoms with Gasteiger partial charge in [-0.15, -0.1) is 0 Å². The number of halogens is 3. The minimum absolute atomic E-state index is 0.171. The molecule has 0 aliphatic carbocycles. The summed E-state index contributed by atoms with van der Waals surface area (Å²) >= 11 is 0. The van der Waals surface area contributed by atoms with Gasteiger partial charge in [0.05, 0.1) is 12.0 Å². The molecule has 0 radical (unpaired) electrons. The van der Waals surface area contributed by atoms with Crippen LogP contribution in [0, 0.1) is 0 Å². The number of nitrogens with one attached hydrogen (secondary N) is 1. The molecule has 0 aliphatic rings. The normalized spacial score (nSPS) is 12.8. The second-order valence-corrected chi connectivity index (χ2v) is 4.00. The zero-order valence-corrected chi connectivity index (χ0v) is 9.99. The monoisotopic (exact) mass is 275 g/mol. The third-order valence-corrected chi connectivity index (χ3v) is 2.37. The van der Waals surface area contributed by atoms with E-state index in [0.717, 1.165) is 12.1 Å². The van der Waals surface area contributed by atoms with Crippen molar-refractivity contribution < 1.29 is 27.9 Å². The van der Waals surface area contributed by atoms with E-state index in [-0.39, 0.29) is 12.0 Å². The van der Waals surface area contributed by atoms with Crippen molar-refractivity contribution in [3.63, 3.8) is 0 Å². The fourth-order valence-corrected chi connectivity index (χ4v) is 1.40. The topological polar surface area (TPSA) is 66.4 Å². The fraction of sp³-hybridized carbons (Fsp3) is 0.333. The number of hydrogen-bond acceptors (Lipinski definition) is 2. The highest BCUT2D eigenvalue weighted by molar-refractivity contribution is 5.84. The lowest BCUT2D eigenvalue weighted by Gasteiger charge is -2.11. The second-order valence-electron chi connectivity index (χ2n) is 4.00. The summed E-state index contributed by atoms with van der Waals surface area (Å²) in [7, 11) is 0. The van der Waals surface area contributed by atoms with Gasteiger partial charge in [0.2, 0.25) is 5.91 Å². The molecule has 1 unspecified atom stereocenters. The molecule has 0 fully saturated rings. The minimum Gasteiger partial charge on any atom is -0.480 e. The Hall–Kier alpha value is -2.05. The molecule has 0 aromatic heterocycles. The lowest BCUT2D eigenvalue weighted by Crippen LogP contribution is -2.39. The Morgan fingerprint density at radius 2 is 2.00 bits per heavy atom. The SMILES string of the molecule is CC(NC(=O)Cc1cccc(C(F)(F)F)c1)C(=O)O. The molecule has 19 heavy (non-hydrogen) atoms. The van der Waals surface area contributed by atoms with Crippen LogP contribution in [-0.4, -0.2) is 23.0 Å². The van der Waals surface area contributed by atoms with Gasteiger partial charge in [0.15, 0.2) is 0 Å². The number of alkyl halides is 3. The van der Waals surface area contributed by atoms with Crippen molar-refractivity contribution in [2.24, 2.45) is 0 Å². The van der Waals surface area contributed by atoms with Crippen LogP contribution in [0.5, 0.6) is 0 Å². The summed E-state index contributed by atoms with van der Waals surface area (Å²) in [5.41, 5.74) is -0.672. The molecule has 0 saturated heterocycles. The summed E-state index contributed by atoms with van der Waals surface area (Å²) < 4.78 is 37.3. The number of aliphatic carboxylic acids is 1. The maximum atomic E-state index is 12.4. The summed E-state index contributed by atoms with van der Waals surface area (Å²) in [6.45, 7) is 1.27. The predicted molar refractivity (Wildman–Crippen MR) is 60.4 cm³/mol. The molecular weight excluding hydrogens is 263 g/mol. The zero-order valence-electron chi connectivity index (χ0n) is 9.99. The molecule has 1 aromatic carbocycles. The Morgan fingerprint density at radius 3 is 2.53 bits per heavy atom. The lowest BCUT2D eigenvalue weighted by molar-refractivity contribution is -0.141. The highest BCUT2D eigenvalue weighted by Gasteiger charge is 2.30. The van der Waals surface area contributed by atoms with Crippen molar-refractivity contribution in [2.45, 2.75) is 25.6 Å². The van der Waals surface area contributed by atoms with E-state index in [1.54, 1.807) is 0 Å². The van der Waals surface area contributed by atoms with Gasteiger partial charge in [-0.1, -0.05) is 18.2 Å². The van der Waals surface area contributed by atoms with Gasteiger partial charge in [-0.05, 0) is 18.6 Å². The first kappa shape index (κ1) is 15.0. The number of carbonyl (C=O) groups is 2. The van der Waals surface area contributed by atoms with Crippen LogP contribution in [0.4, 0.5) is 13.2 Å². The maximum Gasteiger partial charge on any atom is 0.416 e. The second kappa shape index (κ2) is 5.73. The van der Waals surface area contributed by atoms with Crippen molar-refractivity contribution in [2.75, 3.05) is 0 Å². The molecule has 7 heteroatoms. The number of carbonyl (C=O) groups excluding carboxylic acids is 1. The van der Waals surface area contributed by atoms with Gasteiger partial charge >= 0.3 is 12.1 Å². The van der Waals surface area contributed by atoms with Crippen molar-refractivity contribution in [1.29, 1.82) is 0 Å². The summed E-state index contributed by atoms with van der Waals surface area (Å²) in [5.74, 6) is -1.85. The van der Waals surface area contributed by atoms with Gasteiger partial charge in [-0.25, -0.2) is 0 Å². The summed E-state index contributed by atoms with van der Waals surface area (Å²) in [5, 5.41) is 10.8. The largest absolute Gasteiger partial charge is 0.480 e. The van der Waals surface area contributed by atoms with Crippen LogP contribution >= 0.6 is 0 Å². The third kappa shape index (κ3) is 4.61. The fourth-order valence-electron chi connectivity index (χ4n) is 1.40. The van der Waals surface area contributed by atoms with Gasteiger partial charge in [0.25, 0.3) is 0 Å². The number of hydrogen-bond donors (Lipinski definition) is 2. The van der Waals surface area contributed by atoms with Crippen LogP contribution in [-0.2, 0) is 22.2 Å². The van der Waals surface area contributed by atoms with Crippen molar-refractivity contribution in [3.05, 3.63) is 35.4 Å². The molecule has 4 nitrogen and oxygen atoms in total. The molecule has 0 heterocycles. The average Bonchev–Trinajstić information content (AvgIpc) is 2.27. The quantitative estimate of drug-likeness (QED) is 0.881. The minimum atomic E-state index is -4.47. The van der Waals surface area contributed by atoms with Crippen molar-refractivity contribution in [1.82, 2.24) is 5.32 Å². The van der Waals surface area contributed by atoms with Crippen LogP contribution < -0.4 is 5.32 Å². The lowest BCUT2D eigenvalue weighted by atomic mass is 10.1. The van der Waals surface area contributed by atoms with Gasteiger partial charge in [-0.2, -0.15) is 13.2 Å². The van der Waals surface area contributed by atoms with Gasteiger partial charge in [0, 0.05) is 0 Å². The van der Waals surface area contributed by atoms with Crippen molar-refractivity contribution in [3.8, 4) is 0 Å². The Balaban J connectivity index is 2.73. The van der Waals surface area contributed by atoms with E-state index >= 15 is 0 Å². The maximum absolute atomic E-state index is 12.4. The Kier molecular flexibility index (Phi) is 4.52. The first-order chi connectivity index (χ1) is 8.70. The smallest absolute Gasteiger partial charge is 0.416 e. The Labute approximate surface area is 107 Å². The van der Waals surface area contributed by atoms with E-state index in [9.17, 15) is 22.8 Å². The number of carboxylic acid groups (broad SMARTS) is 1. The average molecular weight is 275 g/mol. The Morgan fingerprint density at radius 1 is 1.37 bits per heavy atom. The van der Waals surface area contributed by atoms with E-state index in [1.165, 1.54) is 19.1 Å². The predicted octanol–water partition coefficient (Wildman–Crippen LogP) is 1.84. The van der Waals surface area contributed by atoms with Crippen LogP contribution in [0.1, 0.15) is 18.1 Å². The molecule has 0 bridgehead atoms. The molecule has 1 rings (SSSR count). The molecule has 104 valence electrons. The van der Waals surface area contributed by atoms with Gasteiger partial charge in [0.1, 0.15) is 6.04 Å². The zero-order chi connectivity index (χ0) is 14.6. The summed E-state index contributed by atoms with van der Waals surface area (Å²) in [6, 6.07) is 3.26. The van der Waals surface area contributed by atoms with Crippen LogP contribution in [0.3, 0.4) is 0 Å². The number of carboxylic acids is 1. The Bertz CT molecular complexity index is 485. The molecule has 0 spiro atoms. The number of amides is 1. The standard InChI is InChI=1S/C12H12F3NO3/c1-7(11(18)19)16-10(17)6-8-3-2-4-9(5-8)12(13,14)15/h2-5,7H,6H2,1H3,(H,16,17)(H,18,19). The molecule has 1 aromatic rings. The summed E-state index contributed by atoms with van der Waals surface area (Å²) in [4.78, 5) is 21.9. The first-order valence-corrected chi connectivity index (χ1v) is 5.38. The van der Waals surface area contributed by atoms with Crippen LogP contribution in [0.15, 0.2) is 24.3 Å². The van der Waals surface area contributed by atoms with Gasteiger partial charge < -0.3 is 10.4 Å². The van der Waals surface area contributed by atoms with E-state index in [4.69, 9.17) is 5.11 Å². The number of benzene rings is 1.